The van der Waals surface area contributed by atoms with E-state index in [1.54, 1.807) is 4.90 Å². The lowest BCUT2D eigenvalue weighted by Gasteiger charge is -2.38. The monoisotopic (exact) mass is 297 g/mol. The summed E-state index contributed by atoms with van der Waals surface area (Å²) in [5, 5.41) is 0. The molecule has 106 valence electrons. The van der Waals surface area contributed by atoms with Gasteiger partial charge in [0.25, 0.3) is 5.91 Å². The van der Waals surface area contributed by atoms with Gasteiger partial charge >= 0.3 is 0 Å². The van der Waals surface area contributed by atoms with Crippen LogP contribution >= 0.6 is 23.2 Å². The molecular formula is C12H21Cl2NO3. The number of hydrogen-bond acceptors (Lipinski definition) is 3. The smallest absolute Gasteiger partial charge is 0.256 e. The number of ether oxygens (including phenoxy) is 2. The van der Waals surface area contributed by atoms with Gasteiger partial charge in [-0.15, -0.1) is 0 Å². The molecule has 4 nitrogen and oxygen atoms in total. The third kappa shape index (κ3) is 4.57. The minimum atomic E-state index is -1.05. The van der Waals surface area contributed by atoms with Crippen molar-refractivity contribution in [3.63, 3.8) is 0 Å². The number of alkyl halides is 2. The molecule has 1 rings (SSSR count). The van der Waals surface area contributed by atoms with Gasteiger partial charge in [0.2, 0.25) is 0 Å². The second-order valence-corrected chi connectivity index (χ2v) is 6.70. The molecule has 0 bridgehead atoms. The number of hydrogen-bond donors (Lipinski definition) is 0. The van der Waals surface area contributed by atoms with E-state index < -0.39 is 11.1 Å². The molecule has 1 amide bonds. The Morgan fingerprint density at radius 1 is 1.33 bits per heavy atom. The van der Waals surface area contributed by atoms with Crippen molar-refractivity contribution < 1.29 is 14.3 Å². The highest BCUT2D eigenvalue weighted by Crippen LogP contribution is 2.24. The van der Waals surface area contributed by atoms with Crippen molar-refractivity contribution in [1.29, 1.82) is 0 Å². The molecule has 1 saturated heterocycles. The first-order valence-corrected chi connectivity index (χ1v) is 6.92. The summed E-state index contributed by atoms with van der Waals surface area (Å²) < 4.78 is 11.2. The van der Waals surface area contributed by atoms with Gasteiger partial charge in [0.1, 0.15) is 0 Å². The van der Waals surface area contributed by atoms with Gasteiger partial charge in [-0.3, -0.25) is 4.79 Å². The van der Waals surface area contributed by atoms with E-state index in [0.717, 1.165) is 0 Å². The van der Waals surface area contributed by atoms with Crippen molar-refractivity contribution >= 4 is 29.1 Å². The number of amides is 1. The Morgan fingerprint density at radius 2 is 1.83 bits per heavy atom. The predicted molar refractivity (Wildman–Crippen MR) is 71.8 cm³/mol. The van der Waals surface area contributed by atoms with Gasteiger partial charge in [-0.2, -0.15) is 0 Å². The quantitative estimate of drug-likeness (QED) is 0.748. The summed E-state index contributed by atoms with van der Waals surface area (Å²) in [7, 11) is 0. The standard InChI is InChI=1S/C12H21Cl2NO3/c1-8(2)15(11(16)10(13)14)5-9-17-6-12(3,4)7-18-9/h8-10H,5-7H2,1-4H3. The molecule has 0 spiro atoms. The van der Waals surface area contributed by atoms with E-state index in [-0.39, 0.29) is 17.4 Å². The largest absolute Gasteiger partial charge is 0.350 e. The first-order valence-electron chi connectivity index (χ1n) is 6.05. The molecule has 1 heterocycles. The first kappa shape index (κ1) is 16.0. The Kier molecular flexibility index (Phi) is 5.71. The first-order chi connectivity index (χ1) is 8.23. The topological polar surface area (TPSA) is 38.8 Å². The summed E-state index contributed by atoms with van der Waals surface area (Å²) in [5.41, 5.74) is 0.0185. The number of carbonyl (C=O) groups excluding carboxylic acids is 1. The fraction of sp³-hybridized carbons (Fsp3) is 0.917. The second kappa shape index (κ2) is 6.42. The highest BCUT2D eigenvalue weighted by molar-refractivity contribution is 6.53. The van der Waals surface area contributed by atoms with E-state index >= 15 is 0 Å². The van der Waals surface area contributed by atoms with Crippen LogP contribution in [0.15, 0.2) is 0 Å². The zero-order chi connectivity index (χ0) is 13.9. The van der Waals surface area contributed by atoms with Gasteiger partial charge in [-0.1, -0.05) is 37.0 Å². The lowest BCUT2D eigenvalue weighted by atomic mass is 9.96. The summed E-state index contributed by atoms with van der Waals surface area (Å²) >= 11 is 11.2. The molecule has 0 unspecified atom stereocenters. The average molecular weight is 298 g/mol. The molecule has 0 saturated carbocycles. The van der Waals surface area contributed by atoms with Crippen LogP contribution in [-0.2, 0) is 14.3 Å². The molecule has 0 aromatic heterocycles. The van der Waals surface area contributed by atoms with Crippen LogP contribution < -0.4 is 0 Å². The molecule has 6 heteroatoms. The fourth-order valence-electron chi connectivity index (χ4n) is 1.67. The molecule has 0 aromatic rings. The molecule has 18 heavy (non-hydrogen) atoms. The molecular weight excluding hydrogens is 277 g/mol. The molecule has 0 N–H and O–H groups in total. The van der Waals surface area contributed by atoms with Crippen LogP contribution in [-0.4, -0.2) is 47.7 Å². The van der Waals surface area contributed by atoms with Crippen molar-refractivity contribution in [2.45, 2.75) is 44.9 Å². The molecule has 0 radical (unpaired) electrons. The van der Waals surface area contributed by atoms with Crippen LogP contribution in [0.4, 0.5) is 0 Å². The van der Waals surface area contributed by atoms with E-state index in [4.69, 9.17) is 32.7 Å². The minimum Gasteiger partial charge on any atom is -0.350 e. The minimum absolute atomic E-state index is 0.000336. The van der Waals surface area contributed by atoms with E-state index in [1.807, 2.05) is 13.8 Å². The summed E-state index contributed by atoms with van der Waals surface area (Å²) in [6, 6.07) is -0.000336. The zero-order valence-corrected chi connectivity index (χ0v) is 12.8. The highest BCUT2D eigenvalue weighted by atomic mass is 35.5. The van der Waals surface area contributed by atoms with Gasteiger partial charge in [0, 0.05) is 11.5 Å². The molecule has 0 aliphatic carbocycles. The van der Waals surface area contributed by atoms with Gasteiger partial charge < -0.3 is 14.4 Å². The van der Waals surface area contributed by atoms with Crippen LogP contribution in [0.1, 0.15) is 27.7 Å². The molecule has 1 fully saturated rings. The van der Waals surface area contributed by atoms with E-state index in [2.05, 4.69) is 13.8 Å². The molecule has 1 aliphatic heterocycles. The normalized spacial score (nSPS) is 20.4. The van der Waals surface area contributed by atoms with E-state index in [0.29, 0.717) is 19.8 Å². The maximum Gasteiger partial charge on any atom is 0.256 e. The highest BCUT2D eigenvalue weighted by Gasteiger charge is 2.32. The van der Waals surface area contributed by atoms with Crippen LogP contribution in [0.5, 0.6) is 0 Å². The maximum absolute atomic E-state index is 11.8. The van der Waals surface area contributed by atoms with Crippen molar-refractivity contribution in [2.75, 3.05) is 19.8 Å². The Bertz CT molecular complexity index is 285. The Morgan fingerprint density at radius 3 is 2.22 bits per heavy atom. The van der Waals surface area contributed by atoms with Gasteiger partial charge in [0.05, 0.1) is 19.8 Å². The number of nitrogens with zero attached hydrogens (tertiary/aromatic N) is 1. The lowest BCUT2D eigenvalue weighted by Crippen LogP contribution is -2.49. The second-order valence-electron chi connectivity index (χ2n) is 5.60. The van der Waals surface area contributed by atoms with Crippen LogP contribution in [0.3, 0.4) is 0 Å². The van der Waals surface area contributed by atoms with Crippen LogP contribution in [0.2, 0.25) is 0 Å². The van der Waals surface area contributed by atoms with Crippen molar-refractivity contribution in [1.82, 2.24) is 4.90 Å². The van der Waals surface area contributed by atoms with Gasteiger partial charge in [-0.05, 0) is 13.8 Å². The Balaban J connectivity index is 2.55. The number of halogens is 2. The SMILES string of the molecule is CC(C)N(CC1OCC(C)(C)CO1)C(=O)C(Cl)Cl. The third-order valence-electron chi connectivity index (χ3n) is 2.76. The van der Waals surface area contributed by atoms with E-state index in [9.17, 15) is 4.79 Å². The van der Waals surface area contributed by atoms with Crippen LogP contribution in [0.25, 0.3) is 0 Å². The maximum atomic E-state index is 11.8. The lowest BCUT2D eigenvalue weighted by molar-refractivity contribution is -0.228. The summed E-state index contributed by atoms with van der Waals surface area (Å²) in [6.07, 6.45) is -0.406. The van der Waals surface area contributed by atoms with E-state index in [1.165, 1.54) is 0 Å². The molecule has 1 aliphatic rings. The number of rotatable bonds is 4. The molecule has 0 atom stereocenters. The Labute approximate surface area is 119 Å². The van der Waals surface area contributed by atoms with Crippen molar-refractivity contribution in [3.05, 3.63) is 0 Å². The molecule has 0 aromatic carbocycles. The van der Waals surface area contributed by atoms with Crippen molar-refractivity contribution in [2.24, 2.45) is 5.41 Å². The Hall–Kier alpha value is -0.0300. The van der Waals surface area contributed by atoms with Gasteiger partial charge in [0.15, 0.2) is 11.1 Å². The number of carbonyl (C=O) groups is 1. The van der Waals surface area contributed by atoms with Crippen molar-refractivity contribution in [3.8, 4) is 0 Å². The summed E-state index contributed by atoms with van der Waals surface area (Å²) in [5.74, 6) is -0.314. The third-order valence-corrected chi connectivity index (χ3v) is 3.13. The summed E-state index contributed by atoms with van der Waals surface area (Å²) in [4.78, 5) is 12.4. The van der Waals surface area contributed by atoms with Gasteiger partial charge in [-0.25, -0.2) is 0 Å². The average Bonchev–Trinajstić information content (AvgIpc) is 2.26. The predicted octanol–water partition coefficient (Wildman–Crippen LogP) is 2.43. The van der Waals surface area contributed by atoms with Crippen LogP contribution in [0, 0.1) is 5.41 Å². The fourth-order valence-corrected chi connectivity index (χ4v) is 1.92. The summed E-state index contributed by atoms with van der Waals surface area (Å²) in [6.45, 7) is 9.53. The zero-order valence-electron chi connectivity index (χ0n) is 11.3.